The van der Waals surface area contributed by atoms with Crippen molar-refractivity contribution >= 4 is 50.1 Å². The molecule has 0 fully saturated rings. The van der Waals surface area contributed by atoms with Crippen molar-refractivity contribution in [2.24, 2.45) is 0 Å². The van der Waals surface area contributed by atoms with Crippen LogP contribution in [0.25, 0.3) is 11.3 Å². The zero-order chi connectivity index (χ0) is 17.1. The Morgan fingerprint density at radius 1 is 1.33 bits per heavy atom. The molecule has 0 spiro atoms. The summed E-state index contributed by atoms with van der Waals surface area (Å²) in [6.45, 7) is 3.82. The lowest BCUT2D eigenvalue weighted by atomic mass is 10.1. The van der Waals surface area contributed by atoms with Gasteiger partial charge in [0.2, 0.25) is 5.13 Å². The minimum atomic E-state index is -0.246. The molecule has 1 N–H and O–H groups in total. The van der Waals surface area contributed by atoms with Gasteiger partial charge in [-0.3, -0.25) is 10.1 Å². The van der Waals surface area contributed by atoms with E-state index in [0.717, 1.165) is 20.1 Å². The third kappa shape index (κ3) is 3.88. The summed E-state index contributed by atoms with van der Waals surface area (Å²) >= 11 is 6.36. The van der Waals surface area contributed by atoms with E-state index in [0.29, 0.717) is 22.2 Å². The summed E-state index contributed by atoms with van der Waals surface area (Å²) in [5, 5.41) is 11.3. The minimum Gasteiger partial charge on any atom is -0.461 e. The molecule has 1 amide bonds. The molecule has 24 heavy (non-hydrogen) atoms. The normalized spacial score (nSPS) is 10.8. The number of aryl methyl sites for hydroxylation is 1. The fraction of sp³-hybridized carbons (Fsp3) is 0.188. The number of nitrogens with zero attached hydrogens (tertiary/aromatic N) is 2. The summed E-state index contributed by atoms with van der Waals surface area (Å²) in [6, 6.07) is 9.48. The van der Waals surface area contributed by atoms with E-state index in [2.05, 4.69) is 31.4 Å². The van der Waals surface area contributed by atoms with Crippen molar-refractivity contribution in [3.8, 4) is 11.3 Å². The van der Waals surface area contributed by atoms with Crippen LogP contribution in [0.1, 0.15) is 23.0 Å². The van der Waals surface area contributed by atoms with E-state index < -0.39 is 0 Å². The van der Waals surface area contributed by atoms with Crippen molar-refractivity contribution in [1.29, 1.82) is 0 Å². The molecule has 0 bridgehead atoms. The van der Waals surface area contributed by atoms with E-state index in [1.54, 1.807) is 24.8 Å². The van der Waals surface area contributed by atoms with Crippen LogP contribution in [0.5, 0.6) is 0 Å². The lowest BCUT2D eigenvalue weighted by Gasteiger charge is -1.98. The average molecular weight is 424 g/mol. The Balaban J connectivity index is 1.78. The van der Waals surface area contributed by atoms with E-state index in [1.807, 2.05) is 31.2 Å². The Labute approximate surface area is 156 Å². The Morgan fingerprint density at radius 3 is 2.79 bits per heavy atom. The SMILES string of the molecule is CCSc1nnc(NC(=O)c2cc(-c3ccc(Br)cc3)oc2C)s1. The van der Waals surface area contributed by atoms with Gasteiger partial charge in [0, 0.05) is 10.0 Å². The van der Waals surface area contributed by atoms with Gasteiger partial charge in [-0.2, -0.15) is 0 Å². The van der Waals surface area contributed by atoms with E-state index in [4.69, 9.17) is 4.42 Å². The van der Waals surface area contributed by atoms with Crippen molar-refractivity contribution < 1.29 is 9.21 Å². The Morgan fingerprint density at radius 2 is 2.08 bits per heavy atom. The van der Waals surface area contributed by atoms with E-state index in [9.17, 15) is 4.79 Å². The molecule has 0 radical (unpaired) electrons. The molecule has 0 aliphatic heterocycles. The quantitative estimate of drug-likeness (QED) is 0.449. The number of nitrogens with one attached hydrogen (secondary N) is 1. The predicted molar refractivity (Wildman–Crippen MR) is 101 cm³/mol. The number of halogens is 1. The van der Waals surface area contributed by atoms with Gasteiger partial charge in [0.25, 0.3) is 5.91 Å². The highest BCUT2D eigenvalue weighted by molar-refractivity contribution is 9.10. The second-order valence-electron chi connectivity index (χ2n) is 4.85. The van der Waals surface area contributed by atoms with Gasteiger partial charge < -0.3 is 4.42 Å². The van der Waals surface area contributed by atoms with Crippen LogP contribution >= 0.6 is 39.0 Å². The fourth-order valence-electron chi connectivity index (χ4n) is 2.07. The third-order valence-electron chi connectivity index (χ3n) is 3.19. The highest BCUT2D eigenvalue weighted by atomic mass is 79.9. The van der Waals surface area contributed by atoms with Crippen LogP contribution in [-0.4, -0.2) is 21.9 Å². The number of furan rings is 1. The van der Waals surface area contributed by atoms with Crippen molar-refractivity contribution in [2.45, 2.75) is 18.2 Å². The second-order valence-corrected chi connectivity index (χ2v) is 8.25. The topological polar surface area (TPSA) is 68.0 Å². The van der Waals surface area contributed by atoms with Crippen LogP contribution in [-0.2, 0) is 0 Å². The highest BCUT2D eigenvalue weighted by Crippen LogP contribution is 2.28. The number of anilines is 1. The number of carbonyl (C=O) groups excluding carboxylic acids is 1. The maximum atomic E-state index is 12.5. The van der Waals surface area contributed by atoms with E-state index in [1.165, 1.54) is 11.3 Å². The van der Waals surface area contributed by atoms with Gasteiger partial charge in [-0.15, -0.1) is 10.2 Å². The van der Waals surface area contributed by atoms with Gasteiger partial charge in [0.05, 0.1) is 5.56 Å². The number of benzene rings is 1. The van der Waals surface area contributed by atoms with Crippen molar-refractivity contribution in [3.05, 3.63) is 46.1 Å². The lowest BCUT2D eigenvalue weighted by molar-refractivity contribution is 0.102. The first-order valence-corrected chi connectivity index (χ1v) is 9.80. The Kier molecular flexibility index (Phi) is 5.37. The van der Waals surface area contributed by atoms with Gasteiger partial charge in [0.1, 0.15) is 11.5 Å². The largest absolute Gasteiger partial charge is 0.461 e. The average Bonchev–Trinajstić information content (AvgIpc) is 3.15. The maximum Gasteiger partial charge on any atom is 0.261 e. The standard InChI is InChI=1S/C16H14BrN3O2S2/c1-3-23-16-20-19-15(24-16)18-14(21)12-8-13(22-9(12)2)10-4-6-11(17)7-5-10/h4-8H,3H2,1-2H3,(H,18,19,21). The smallest absolute Gasteiger partial charge is 0.261 e. The molecule has 8 heteroatoms. The molecule has 1 aromatic carbocycles. The zero-order valence-electron chi connectivity index (χ0n) is 13.0. The fourth-order valence-corrected chi connectivity index (χ4v) is 3.98. The monoisotopic (exact) mass is 423 g/mol. The van der Waals surface area contributed by atoms with Crippen molar-refractivity contribution in [2.75, 3.05) is 11.1 Å². The van der Waals surface area contributed by atoms with Crippen LogP contribution in [0.3, 0.4) is 0 Å². The summed E-state index contributed by atoms with van der Waals surface area (Å²) in [7, 11) is 0. The first-order chi connectivity index (χ1) is 11.6. The maximum absolute atomic E-state index is 12.5. The number of thioether (sulfide) groups is 1. The summed E-state index contributed by atoms with van der Waals surface area (Å²) in [5.74, 6) is 1.89. The molecule has 2 aromatic heterocycles. The molecule has 124 valence electrons. The molecule has 0 saturated heterocycles. The number of aromatic nitrogens is 2. The van der Waals surface area contributed by atoms with Crippen LogP contribution in [0, 0.1) is 6.92 Å². The molecular formula is C16H14BrN3O2S2. The molecule has 0 atom stereocenters. The number of rotatable bonds is 5. The van der Waals surface area contributed by atoms with Crippen molar-refractivity contribution in [3.63, 3.8) is 0 Å². The lowest BCUT2D eigenvalue weighted by Crippen LogP contribution is -2.11. The van der Waals surface area contributed by atoms with Crippen LogP contribution < -0.4 is 5.32 Å². The minimum absolute atomic E-state index is 0.246. The molecule has 0 unspecified atom stereocenters. The van der Waals surface area contributed by atoms with Crippen molar-refractivity contribution in [1.82, 2.24) is 10.2 Å². The van der Waals surface area contributed by atoms with Crippen LogP contribution in [0.2, 0.25) is 0 Å². The van der Waals surface area contributed by atoms with Crippen LogP contribution in [0.4, 0.5) is 5.13 Å². The molecule has 0 saturated carbocycles. The number of carbonyl (C=O) groups is 1. The van der Waals surface area contributed by atoms with Gasteiger partial charge in [-0.25, -0.2) is 0 Å². The van der Waals surface area contributed by atoms with Gasteiger partial charge in [0.15, 0.2) is 4.34 Å². The summed E-state index contributed by atoms with van der Waals surface area (Å²) < 4.78 is 7.56. The third-order valence-corrected chi connectivity index (χ3v) is 5.57. The molecule has 0 aliphatic rings. The molecule has 2 heterocycles. The number of amides is 1. The summed E-state index contributed by atoms with van der Waals surface area (Å²) in [5.41, 5.74) is 1.41. The summed E-state index contributed by atoms with van der Waals surface area (Å²) in [6.07, 6.45) is 0. The first kappa shape index (κ1) is 17.2. The molecular weight excluding hydrogens is 410 g/mol. The molecule has 5 nitrogen and oxygen atoms in total. The first-order valence-electron chi connectivity index (χ1n) is 7.21. The van der Waals surface area contributed by atoms with Gasteiger partial charge in [-0.1, -0.05) is 58.1 Å². The molecule has 3 aromatic rings. The number of hydrogen-bond acceptors (Lipinski definition) is 6. The van der Waals surface area contributed by atoms with Gasteiger partial charge >= 0.3 is 0 Å². The second kappa shape index (κ2) is 7.50. The summed E-state index contributed by atoms with van der Waals surface area (Å²) in [4.78, 5) is 12.5. The molecule has 3 rings (SSSR count). The van der Waals surface area contributed by atoms with Gasteiger partial charge in [-0.05, 0) is 30.9 Å². The van der Waals surface area contributed by atoms with E-state index >= 15 is 0 Å². The Hall–Kier alpha value is -1.64. The zero-order valence-corrected chi connectivity index (χ0v) is 16.2. The highest BCUT2D eigenvalue weighted by Gasteiger charge is 2.17. The van der Waals surface area contributed by atoms with Crippen LogP contribution in [0.15, 0.2) is 43.6 Å². The molecule has 0 aliphatic carbocycles. The van der Waals surface area contributed by atoms with E-state index in [-0.39, 0.29) is 5.91 Å². The predicted octanol–water partition coefficient (Wildman–Crippen LogP) is 5.23. The number of hydrogen-bond donors (Lipinski definition) is 1. The Bertz CT molecular complexity index is 859.